The van der Waals surface area contributed by atoms with Gasteiger partial charge in [-0.15, -0.1) is 0 Å². The van der Waals surface area contributed by atoms with Crippen molar-refractivity contribution in [2.75, 3.05) is 20.8 Å². The number of fused-ring (bicyclic) bond motifs is 1. The van der Waals surface area contributed by atoms with Gasteiger partial charge in [0.1, 0.15) is 29.1 Å². The molecule has 0 N–H and O–H groups in total. The highest BCUT2D eigenvalue weighted by atomic mass is 35.5. The van der Waals surface area contributed by atoms with Gasteiger partial charge >= 0.3 is 5.97 Å². The molecular formula is C31H28Cl2N2O6S. The van der Waals surface area contributed by atoms with Crippen LogP contribution in [0.25, 0.3) is 17.4 Å². The van der Waals surface area contributed by atoms with E-state index in [1.54, 1.807) is 68.6 Å². The lowest BCUT2D eigenvalue weighted by molar-refractivity contribution is -0.139. The SMILES string of the molecule is CCCC1=C(C(=O)OCC)[C@@H](c2cc(OC)ccc2OC)n2c(s/c(=C\c3ccc(-c4ccc(Cl)cc4Cl)o3)c2=O)=N1. The Labute approximate surface area is 256 Å². The van der Waals surface area contributed by atoms with Gasteiger partial charge < -0.3 is 18.6 Å². The fraction of sp³-hybridized carbons (Fsp3) is 0.258. The van der Waals surface area contributed by atoms with Gasteiger partial charge in [-0.25, -0.2) is 9.79 Å². The van der Waals surface area contributed by atoms with Gasteiger partial charge in [0.15, 0.2) is 4.80 Å². The van der Waals surface area contributed by atoms with Gasteiger partial charge in [0, 0.05) is 22.2 Å². The molecule has 0 saturated carbocycles. The van der Waals surface area contributed by atoms with Gasteiger partial charge in [0.05, 0.1) is 41.7 Å². The summed E-state index contributed by atoms with van der Waals surface area (Å²) < 4.78 is 24.6. The van der Waals surface area contributed by atoms with Crippen LogP contribution in [0.15, 0.2) is 74.0 Å². The van der Waals surface area contributed by atoms with E-state index in [1.807, 2.05) is 6.92 Å². The van der Waals surface area contributed by atoms with Crippen LogP contribution in [0.5, 0.6) is 11.5 Å². The summed E-state index contributed by atoms with van der Waals surface area (Å²) in [5, 5.41) is 0.966. The van der Waals surface area contributed by atoms with E-state index in [2.05, 4.69) is 0 Å². The highest BCUT2D eigenvalue weighted by molar-refractivity contribution is 7.07. The molecule has 1 aliphatic rings. The molecule has 8 nitrogen and oxygen atoms in total. The Morgan fingerprint density at radius 2 is 1.90 bits per heavy atom. The number of carbonyl (C=O) groups is 1. The second-order valence-electron chi connectivity index (χ2n) is 9.35. The van der Waals surface area contributed by atoms with E-state index in [-0.39, 0.29) is 12.2 Å². The van der Waals surface area contributed by atoms with E-state index in [9.17, 15) is 9.59 Å². The number of hydrogen-bond acceptors (Lipinski definition) is 8. The number of benzene rings is 2. The third-order valence-electron chi connectivity index (χ3n) is 6.72. The van der Waals surface area contributed by atoms with Crippen molar-refractivity contribution in [2.24, 2.45) is 4.99 Å². The fourth-order valence-corrected chi connectivity index (χ4v) is 6.36. The molecule has 1 atom stereocenters. The predicted molar refractivity (Wildman–Crippen MR) is 163 cm³/mol. The average Bonchev–Trinajstić information content (AvgIpc) is 3.56. The van der Waals surface area contributed by atoms with Crippen LogP contribution in [-0.2, 0) is 9.53 Å². The lowest BCUT2D eigenvalue weighted by Gasteiger charge is -2.27. The Balaban J connectivity index is 1.72. The Morgan fingerprint density at radius 1 is 1.10 bits per heavy atom. The van der Waals surface area contributed by atoms with Crippen molar-refractivity contribution in [3.63, 3.8) is 0 Å². The molecule has 218 valence electrons. The number of carbonyl (C=O) groups excluding carboxylic acids is 1. The molecule has 4 aromatic rings. The molecule has 2 aromatic carbocycles. The number of methoxy groups -OCH3 is 2. The van der Waals surface area contributed by atoms with Gasteiger partial charge in [-0.2, -0.15) is 0 Å². The minimum Gasteiger partial charge on any atom is -0.497 e. The summed E-state index contributed by atoms with van der Waals surface area (Å²) >= 11 is 13.6. The zero-order valence-corrected chi connectivity index (χ0v) is 25.7. The largest absolute Gasteiger partial charge is 0.497 e. The lowest BCUT2D eigenvalue weighted by Crippen LogP contribution is -2.40. The number of furan rings is 1. The van der Waals surface area contributed by atoms with Crippen LogP contribution in [-0.4, -0.2) is 31.4 Å². The molecular weight excluding hydrogens is 599 g/mol. The highest BCUT2D eigenvalue weighted by Gasteiger charge is 2.36. The minimum atomic E-state index is -0.853. The van der Waals surface area contributed by atoms with Crippen LogP contribution in [0.2, 0.25) is 10.0 Å². The van der Waals surface area contributed by atoms with E-state index in [1.165, 1.54) is 23.0 Å². The average molecular weight is 628 g/mol. The zero-order chi connectivity index (χ0) is 30.0. The maximum atomic E-state index is 14.1. The molecule has 0 spiro atoms. The van der Waals surface area contributed by atoms with E-state index < -0.39 is 12.0 Å². The minimum absolute atomic E-state index is 0.173. The predicted octanol–water partition coefficient (Wildman–Crippen LogP) is 6.16. The molecule has 0 bridgehead atoms. The van der Waals surface area contributed by atoms with Crippen LogP contribution >= 0.6 is 34.5 Å². The molecule has 0 amide bonds. The molecule has 0 saturated heterocycles. The molecule has 3 heterocycles. The first-order chi connectivity index (χ1) is 20.3. The molecule has 0 unspecified atom stereocenters. The first-order valence-corrected chi connectivity index (χ1v) is 14.9. The monoisotopic (exact) mass is 626 g/mol. The van der Waals surface area contributed by atoms with Crippen molar-refractivity contribution in [1.82, 2.24) is 4.57 Å². The first kappa shape index (κ1) is 29.7. The van der Waals surface area contributed by atoms with Crippen molar-refractivity contribution in [3.8, 4) is 22.8 Å². The van der Waals surface area contributed by atoms with Crippen molar-refractivity contribution < 1.29 is 23.4 Å². The molecule has 0 aliphatic carbocycles. The van der Waals surface area contributed by atoms with E-state index >= 15 is 0 Å². The Kier molecular flexibility index (Phi) is 8.91. The van der Waals surface area contributed by atoms with Gasteiger partial charge in [0.25, 0.3) is 5.56 Å². The van der Waals surface area contributed by atoms with E-state index in [0.29, 0.717) is 71.2 Å². The lowest BCUT2D eigenvalue weighted by atomic mass is 9.93. The van der Waals surface area contributed by atoms with Crippen LogP contribution in [0, 0.1) is 0 Å². The quantitative estimate of drug-likeness (QED) is 0.207. The number of thiazole rings is 1. The highest BCUT2D eigenvalue weighted by Crippen LogP contribution is 2.39. The molecule has 0 radical (unpaired) electrons. The standard InChI is InChI=1S/C31H28Cl2N2O6S/c1-5-7-23-27(30(37)40-6-2)28(21-15-18(38-3)9-12-24(21)39-4)35-29(36)26(42-31(35)34-23)16-19-10-13-25(41-19)20-11-8-17(32)14-22(20)33/h8-16,28H,5-7H2,1-4H3/b26-16-/t28-/m1/s1. The molecule has 5 rings (SSSR count). The van der Waals surface area contributed by atoms with Crippen LogP contribution < -0.4 is 24.4 Å². The normalized spacial score (nSPS) is 14.9. The fourth-order valence-electron chi connectivity index (χ4n) is 4.86. The number of nitrogens with zero attached hydrogens (tertiary/aromatic N) is 2. The van der Waals surface area contributed by atoms with Crippen molar-refractivity contribution >= 4 is 46.6 Å². The maximum absolute atomic E-state index is 14.1. The van der Waals surface area contributed by atoms with Crippen LogP contribution in [0.4, 0.5) is 0 Å². The molecule has 1 aliphatic heterocycles. The molecule has 42 heavy (non-hydrogen) atoms. The Bertz CT molecular complexity index is 1870. The van der Waals surface area contributed by atoms with Gasteiger partial charge in [-0.1, -0.05) is 47.9 Å². The summed E-state index contributed by atoms with van der Waals surface area (Å²) in [6.07, 6.45) is 2.91. The topological polar surface area (TPSA) is 92.3 Å². The summed E-state index contributed by atoms with van der Waals surface area (Å²) in [5.41, 5.74) is 1.77. The second-order valence-corrected chi connectivity index (χ2v) is 11.2. The summed E-state index contributed by atoms with van der Waals surface area (Å²) in [4.78, 5) is 32.8. The number of hydrogen-bond donors (Lipinski definition) is 0. The van der Waals surface area contributed by atoms with Gasteiger partial charge in [-0.05, 0) is 61.9 Å². The van der Waals surface area contributed by atoms with E-state index in [4.69, 9.17) is 46.8 Å². The second kappa shape index (κ2) is 12.6. The Morgan fingerprint density at radius 3 is 2.60 bits per heavy atom. The van der Waals surface area contributed by atoms with Crippen LogP contribution in [0.3, 0.4) is 0 Å². The van der Waals surface area contributed by atoms with Gasteiger partial charge in [0.2, 0.25) is 0 Å². The van der Waals surface area contributed by atoms with Gasteiger partial charge in [-0.3, -0.25) is 9.36 Å². The van der Waals surface area contributed by atoms with E-state index in [0.717, 1.165) is 6.42 Å². The third-order valence-corrected chi connectivity index (χ3v) is 8.25. The maximum Gasteiger partial charge on any atom is 0.338 e. The first-order valence-electron chi connectivity index (χ1n) is 13.3. The van der Waals surface area contributed by atoms with Crippen molar-refractivity contribution in [3.05, 3.63) is 101 Å². The van der Waals surface area contributed by atoms with Crippen molar-refractivity contribution in [2.45, 2.75) is 32.7 Å². The number of aromatic nitrogens is 1. The zero-order valence-electron chi connectivity index (χ0n) is 23.4. The third kappa shape index (κ3) is 5.64. The summed E-state index contributed by atoms with van der Waals surface area (Å²) in [7, 11) is 3.09. The molecule has 2 aromatic heterocycles. The summed E-state index contributed by atoms with van der Waals surface area (Å²) in [6.45, 7) is 3.92. The number of esters is 1. The number of rotatable bonds is 9. The number of allylic oxidation sites excluding steroid dienone is 1. The summed E-state index contributed by atoms with van der Waals surface area (Å²) in [5.74, 6) is 1.49. The molecule has 0 fully saturated rings. The number of halogens is 2. The number of ether oxygens (including phenoxy) is 3. The smallest absolute Gasteiger partial charge is 0.338 e. The van der Waals surface area contributed by atoms with Crippen molar-refractivity contribution in [1.29, 1.82) is 0 Å². The summed E-state index contributed by atoms with van der Waals surface area (Å²) in [6, 6.07) is 13.1. The van der Waals surface area contributed by atoms with Crippen LogP contribution in [0.1, 0.15) is 44.1 Å². The Hall–Kier alpha value is -3.79. The molecule has 11 heteroatoms.